The fourth-order valence-corrected chi connectivity index (χ4v) is 3.28. The number of methoxy groups -OCH3 is 1. The zero-order valence-electron chi connectivity index (χ0n) is 15.9. The summed E-state index contributed by atoms with van der Waals surface area (Å²) in [6, 6.07) is 8.81. The number of carbonyl (C=O) groups is 2. The van der Waals surface area contributed by atoms with Gasteiger partial charge in [-0.3, -0.25) is 14.5 Å². The van der Waals surface area contributed by atoms with Crippen LogP contribution in [0.15, 0.2) is 30.3 Å². The van der Waals surface area contributed by atoms with Crippen LogP contribution < -0.4 is 0 Å². The number of esters is 2. The summed E-state index contributed by atoms with van der Waals surface area (Å²) in [7, 11) is 1.34. The molecule has 0 aliphatic carbocycles. The van der Waals surface area contributed by atoms with E-state index in [0.717, 1.165) is 5.56 Å². The van der Waals surface area contributed by atoms with Gasteiger partial charge in [0.2, 0.25) is 0 Å². The molecule has 2 rings (SSSR count). The maximum Gasteiger partial charge on any atom is 0.323 e. The van der Waals surface area contributed by atoms with Gasteiger partial charge in [0, 0.05) is 56.6 Å². The number of ether oxygens (including phenoxy) is 2. The van der Waals surface area contributed by atoms with E-state index in [0.29, 0.717) is 13.0 Å². The molecular weight excluding hydrogens is 547 g/mol. The molecule has 26 heavy (non-hydrogen) atoms. The second-order valence-corrected chi connectivity index (χ2v) is 7.34. The molecule has 1 aromatic carbocycles. The maximum atomic E-state index is 12.7. The van der Waals surface area contributed by atoms with Crippen LogP contribution in [-0.2, 0) is 25.6 Å². The summed E-state index contributed by atoms with van der Waals surface area (Å²) in [5, 5.41) is 0. The Balaban J connectivity index is 0.00000338. The number of nitrogens with one attached hydrogen (secondary N) is 1. The van der Waals surface area contributed by atoms with Gasteiger partial charge in [0.05, 0.1) is 13.0 Å². The first kappa shape index (κ1) is 23.6. The molecule has 1 N–H and O–H groups in total. The Kier molecular flexibility index (Phi) is 9.22. The normalized spacial score (nSPS) is 23.2. The number of likely N-dealkylation sites (tertiary alicyclic amines) is 1. The van der Waals surface area contributed by atoms with Crippen LogP contribution in [0.5, 0.6) is 0 Å². The van der Waals surface area contributed by atoms with Gasteiger partial charge in [0.15, 0.2) is 0 Å². The molecular formula is C19H27AcN2O4-. The fraction of sp³-hybridized carbons (Fsp3) is 0.579. The van der Waals surface area contributed by atoms with E-state index in [4.69, 9.17) is 15.2 Å². The van der Waals surface area contributed by atoms with Gasteiger partial charge in [0.1, 0.15) is 11.6 Å². The summed E-state index contributed by atoms with van der Waals surface area (Å²) in [5.41, 5.74) is 8.33. The number of nitrogens with zero attached hydrogens (tertiary/aromatic N) is 1. The van der Waals surface area contributed by atoms with E-state index < -0.39 is 17.6 Å². The molecule has 1 heterocycles. The predicted octanol–water partition coefficient (Wildman–Crippen LogP) is 2.81. The van der Waals surface area contributed by atoms with E-state index in [2.05, 4.69) is 0 Å². The first-order valence-electron chi connectivity index (χ1n) is 8.51. The molecule has 0 aromatic heterocycles. The Bertz CT molecular complexity index is 603. The molecule has 1 aliphatic heterocycles. The number of rotatable bonds is 5. The Morgan fingerprint density at radius 2 is 1.81 bits per heavy atom. The quantitative estimate of drug-likeness (QED) is 0.506. The summed E-state index contributed by atoms with van der Waals surface area (Å²) in [4.78, 5) is 26.8. The molecule has 1 saturated heterocycles. The SMILES string of the molecule is COC(=O)[C@@H]1C[C@H](C(=O)OC(C)(C)C)N(Cc2ccccc2)[C@H]1C[NH-].[Ac]. The minimum Gasteiger partial charge on any atom is -0.676 e. The molecule has 7 heteroatoms. The van der Waals surface area contributed by atoms with Crippen LogP contribution in [-0.4, -0.2) is 48.2 Å². The van der Waals surface area contributed by atoms with Crippen LogP contribution in [0.3, 0.4) is 0 Å². The molecule has 0 saturated carbocycles. The van der Waals surface area contributed by atoms with Gasteiger partial charge < -0.3 is 15.2 Å². The van der Waals surface area contributed by atoms with Gasteiger partial charge >= 0.3 is 11.9 Å². The van der Waals surface area contributed by atoms with Crippen LogP contribution in [0.4, 0.5) is 0 Å². The monoisotopic (exact) mass is 574 g/mol. The van der Waals surface area contributed by atoms with Crippen molar-refractivity contribution in [3.8, 4) is 0 Å². The molecule has 3 atom stereocenters. The van der Waals surface area contributed by atoms with Crippen molar-refractivity contribution in [2.45, 2.75) is 51.4 Å². The second kappa shape index (κ2) is 10.2. The number of carbonyl (C=O) groups excluding carboxylic acids is 2. The van der Waals surface area contributed by atoms with Crippen molar-refractivity contribution in [2.24, 2.45) is 5.92 Å². The summed E-state index contributed by atoms with van der Waals surface area (Å²) < 4.78 is 10.4. The van der Waals surface area contributed by atoms with Crippen LogP contribution in [0.25, 0.3) is 5.73 Å². The van der Waals surface area contributed by atoms with Gasteiger partial charge in [-0.05, 0) is 32.8 Å². The van der Waals surface area contributed by atoms with E-state index in [9.17, 15) is 9.59 Å². The molecule has 6 nitrogen and oxygen atoms in total. The third-order valence-electron chi connectivity index (χ3n) is 4.37. The second-order valence-electron chi connectivity index (χ2n) is 7.34. The van der Waals surface area contributed by atoms with Crippen molar-refractivity contribution >= 4 is 11.9 Å². The standard InChI is InChI=1S/C19H27N2O4.Ac/c1-19(2,3)25-18(23)15-10-14(17(22)24-4)16(11-20)21(15)12-13-8-6-5-7-9-13;/h5-9,14-16,20H,10-12H2,1-4H3;/q-1;/t14-,15-,16+;/m1./s1. The number of hydrogen-bond donors (Lipinski definition) is 0. The Labute approximate surface area is 191 Å². The minimum absolute atomic E-state index is 0. The van der Waals surface area contributed by atoms with Crippen molar-refractivity contribution in [3.63, 3.8) is 0 Å². The zero-order valence-corrected chi connectivity index (χ0v) is 20.6. The Morgan fingerprint density at radius 1 is 1.19 bits per heavy atom. The summed E-state index contributed by atoms with van der Waals surface area (Å²) in [5.74, 6) is -1.22. The third-order valence-corrected chi connectivity index (χ3v) is 4.37. The molecule has 0 unspecified atom stereocenters. The predicted molar refractivity (Wildman–Crippen MR) is 94.7 cm³/mol. The van der Waals surface area contributed by atoms with Crippen LogP contribution >= 0.6 is 0 Å². The summed E-state index contributed by atoms with van der Waals surface area (Å²) in [6.07, 6.45) is 0.317. The largest absolute Gasteiger partial charge is 0.676 e. The van der Waals surface area contributed by atoms with Crippen LogP contribution in [0, 0.1) is 50.0 Å². The Hall–Kier alpha value is -0.478. The molecule has 0 amide bonds. The fourth-order valence-electron chi connectivity index (χ4n) is 3.28. The van der Waals surface area contributed by atoms with Crippen molar-refractivity contribution < 1.29 is 63.1 Å². The molecule has 1 radical (unpaired) electrons. The minimum atomic E-state index is -0.602. The van der Waals surface area contributed by atoms with Crippen LogP contribution in [0.2, 0.25) is 0 Å². The van der Waals surface area contributed by atoms with E-state index in [1.165, 1.54) is 7.11 Å². The topological polar surface area (TPSA) is 79.6 Å². The van der Waals surface area contributed by atoms with Gasteiger partial charge in [-0.25, -0.2) is 0 Å². The van der Waals surface area contributed by atoms with Crippen LogP contribution in [0.1, 0.15) is 32.8 Å². The van der Waals surface area contributed by atoms with Crippen molar-refractivity contribution in [1.29, 1.82) is 0 Å². The van der Waals surface area contributed by atoms with Crippen molar-refractivity contribution in [3.05, 3.63) is 41.6 Å². The maximum absolute atomic E-state index is 12.7. The molecule has 1 fully saturated rings. The average molecular weight is 574 g/mol. The number of hydrogen-bond acceptors (Lipinski definition) is 5. The van der Waals surface area contributed by atoms with E-state index >= 15 is 0 Å². The number of benzene rings is 1. The molecule has 141 valence electrons. The van der Waals surface area contributed by atoms with Crippen molar-refractivity contribution in [1.82, 2.24) is 4.90 Å². The average Bonchev–Trinajstić information content (AvgIpc) is 2.92. The zero-order chi connectivity index (χ0) is 18.6. The van der Waals surface area contributed by atoms with E-state index in [-0.39, 0.29) is 68.6 Å². The molecule has 0 spiro atoms. The van der Waals surface area contributed by atoms with E-state index in [1.807, 2.05) is 56.0 Å². The molecule has 1 aromatic rings. The van der Waals surface area contributed by atoms with Crippen molar-refractivity contribution in [2.75, 3.05) is 13.7 Å². The molecule has 1 aliphatic rings. The van der Waals surface area contributed by atoms with Gasteiger partial charge in [-0.1, -0.05) is 30.3 Å². The van der Waals surface area contributed by atoms with E-state index in [1.54, 1.807) is 0 Å². The first-order valence-corrected chi connectivity index (χ1v) is 8.51. The molecule has 0 bridgehead atoms. The first-order chi connectivity index (χ1) is 11.8. The van der Waals surface area contributed by atoms with Gasteiger partial charge in [0.25, 0.3) is 0 Å². The van der Waals surface area contributed by atoms with Gasteiger partial charge in [-0.15, -0.1) is 6.54 Å². The smallest absolute Gasteiger partial charge is 0.323 e. The third kappa shape index (κ3) is 6.02. The van der Waals surface area contributed by atoms with Gasteiger partial charge in [-0.2, -0.15) is 0 Å². The Morgan fingerprint density at radius 3 is 2.31 bits per heavy atom. The summed E-state index contributed by atoms with van der Waals surface area (Å²) in [6.45, 7) is 5.97. The summed E-state index contributed by atoms with van der Waals surface area (Å²) >= 11 is 0.